The summed E-state index contributed by atoms with van der Waals surface area (Å²) in [5.74, 6) is 0. The summed E-state index contributed by atoms with van der Waals surface area (Å²) in [7, 11) is 0. The average molecular weight is 298 g/mol. The fourth-order valence-corrected chi connectivity index (χ4v) is 2.43. The normalized spacial score (nSPS) is 11.1. The molecule has 0 amide bonds. The number of halogens is 2. The van der Waals surface area contributed by atoms with Crippen molar-refractivity contribution in [2.24, 2.45) is 0 Å². The van der Waals surface area contributed by atoms with E-state index in [4.69, 9.17) is 0 Å². The highest BCUT2D eigenvalue weighted by Gasteiger charge is 2.31. The van der Waals surface area contributed by atoms with Crippen molar-refractivity contribution in [3.63, 3.8) is 0 Å². The van der Waals surface area contributed by atoms with E-state index < -0.39 is 4.59 Å². The fraction of sp³-hybridized carbons (Fsp3) is 0.0769. The Hall–Kier alpha value is -1.40. The van der Waals surface area contributed by atoms with Crippen molar-refractivity contribution in [2.75, 3.05) is 9.44 Å². The largest absolute Gasteiger partial charge is 0.378 e. The molecule has 2 aromatic carbocycles. The highest BCUT2D eigenvalue weighted by atomic mass is 32.2. The molecule has 0 atom stereocenters. The SMILES string of the molecule is FC(F)(SNc1ccccc1)SNc1ccccc1. The third-order valence-electron chi connectivity index (χ3n) is 2.12. The first kappa shape index (κ1) is 14.0. The molecule has 6 heteroatoms. The summed E-state index contributed by atoms with van der Waals surface area (Å²) in [6, 6.07) is 17.8. The maximum Gasteiger partial charge on any atom is 0.378 e. The van der Waals surface area contributed by atoms with Gasteiger partial charge in [-0.25, -0.2) is 0 Å². The van der Waals surface area contributed by atoms with Crippen molar-refractivity contribution in [1.82, 2.24) is 0 Å². The lowest BCUT2D eigenvalue weighted by Gasteiger charge is -2.16. The Balaban J connectivity index is 1.82. The zero-order valence-corrected chi connectivity index (χ0v) is 11.5. The van der Waals surface area contributed by atoms with Crippen molar-refractivity contribution < 1.29 is 8.78 Å². The van der Waals surface area contributed by atoms with Crippen LogP contribution in [0.4, 0.5) is 20.2 Å². The van der Waals surface area contributed by atoms with Crippen molar-refractivity contribution in [1.29, 1.82) is 0 Å². The maximum absolute atomic E-state index is 13.6. The summed E-state index contributed by atoms with van der Waals surface area (Å²) in [6.07, 6.45) is 0. The molecule has 2 aromatic rings. The van der Waals surface area contributed by atoms with E-state index in [-0.39, 0.29) is 0 Å². The van der Waals surface area contributed by atoms with Crippen LogP contribution < -0.4 is 9.44 Å². The van der Waals surface area contributed by atoms with E-state index in [1.54, 1.807) is 48.5 Å². The highest BCUT2D eigenvalue weighted by molar-refractivity contribution is 8.18. The first-order valence-corrected chi connectivity index (χ1v) is 7.15. The Morgan fingerprint density at radius 1 is 0.684 bits per heavy atom. The molecule has 0 saturated heterocycles. The van der Waals surface area contributed by atoms with Crippen LogP contribution in [0.3, 0.4) is 0 Å². The Morgan fingerprint density at radius 3 is 1.42 bits per heavy atom. The van der Waals surface area contributed by atoms with Gasteiger partial charge < -0.3 is 9.44 Å². The third kappa shape index (κ3) is 5.00. The third-order valence-corrected chi connectivity index (χ3v) is 3.77. The molecule has 2 N–H and O–H groups in total. The molecule has 2 rings (SSSR count). The number of nitrogens with one attached hydrogen (secondary N) is 2. The van der Waals surface area contributed by atoms with Gasteiger partial charge in [-0.05, 0) is 24.3 Å². The van der Waals surface area contributed by atoms with Gasteiger partial charge in [0.15, 0.2) is 0 Å². The lowest BCUT2D eigenvalue weighted by Crippen LogP contribution is -2.11. The minimum Gasteiger partial charge on any atom is -0.324 e. The predicted octanol–water partition coefficient (Wildman–Crippen LogP) is 5.06. The van der Waals surface area contributed by atoms with Gasteiger partial charge in [-0.2, -0.15) is 8.78 Å². The molecule has 0 aliphatic carbocycles. The van der Waals surface area contributed by atoms with Gasteiger partial charge in [-0.1, -0.05) is 36.4 Å². The van der Waals surface area contributed by atoms with Crippen LogP contribution in [0, 0.1) is 0 Å². The molecule has 2 nitrogen and oxygen atoms in total. The molecule has 0 aliphatic heterocycles. The Morgan fingerprint density at radius 2 is 1.05 bits per heavy atom. The quantitative estimate of drug-likeness (QED) is 0.575. The van der Waals surface area contributed by atoms with E-state index in [1.807, 2.05) is 12.1 Å². The van der Waals surface area contributed by atoms with Crippen LogP contribution in [-0.4, -0.2) is 4.59 Å². The van der Waals surface area contributed by atoms with Crippen LogP contribution in [0.5, 0.6) is 0 Å². The summed E-state index contributed by atoms with van der Waals surface area (Å²) in [4.78, 5) is 0. The molecule has 0 saturated carbocycles. The molecular formula is C13H12F2N2S2. The maximum atomic E-state index is 13.6. The fourth-order valence-electron chi connectivity index (χ4n) is 1.27. The summed E-state index contributed by atoms with van der Waals surface area (Å²) >= 11 is 0.736. The smallest absolute Gasteiger partial charge is 0.324 e. The van der Waals surface area contributed by atoms with E-state index in [0.29, 0.717) is 35.3 Å². The van der Waals surface area contributed by atoms with Crippen LogP contribution in [0.25, 0.3) is 0 Å². The molecule has 0 heterocycles. The number of rotatable bonds is 6. The number of benzene rings is 2. The first-order valence-electron chi connectivity index (χ1n) is 5.52. The minimum atomic E-state index is -2.98. The Labute approximate surface area is 119 Å². The molecule has 0 aromatic heterocycles. The van der Waals surface area contributed by atoms with E-state index in [1.165, 1.54) is 0 Å². The molecule has 0 bridgehead atoms. The molecule has 0 spiro atoms. The zero-order valence-electron chi connectivity index (χ0n) is 9.85. The molecule has 0 aliphatic rings. The second kappa shape index (κ2) is 6.68. The first-order chi connectivity index (χ1) is 9.16. The van der Waals surface area contributed by atoms with Crippen molar-refractivity contribution >= 4 is 35.3 Å². The van der Waals surface area contributed by atoms with Crippen LogP contribution in [-0.2, 0) is 0 Å². The van der Waals surface area contributed by atoms with Gasteiger partial charge in [0.2, 0.25) is 0 Å². The summed E-state index contributed by atoms with van der Waals surface area (Å²) in [6.45, 7) is 0. The molecule has 0 radical (unpaired) electrons. The molecule has 0 fully saturated rings. The van der Waals surface area contributed by atoms with Crippen LogP contribution >= 0.6 is 23.9 Å². The standard InChI is InChI=1S/C13H12F2N2S2/c14-13(15,18-16-11-7-3-1-4-8-11)19-17-12-9-5-2-6-10-12/h1-10,16-17H. The number of hydrogen-bond donors (Lipinski definition) is 2. The second-order valence-corrected chi connectivity index (χ2v) is 5.70. The monoisotopic (exact) mass is 298 g/mol. The number of anilines is 2. The lowest BCUT2D eigenvalue weighted by atomic mass is 10.3. The number of hydrogen-bond acceptors (Lipinski definition) is 4. The van der Waals surface area contributed by atoms with Crippen molar-refractivity contribution in [2.45, 2.75) is 4.59 Å². The van der Waals surface area contributed by atoms with E-state index in [9.17, 15) is 8.78 Å². The molecule has 19 heavy (non-hydrogen) atoms. The van der Waals surface area contributed by atoms with Gasteiger partial charge in [0, 0.05) is 35.3 Å². The summed E-state index contributed by atoms with van der Waals surface area (Å²) in [5, 5.41) is 0. The highest BCUT2D eigenvalue weighted by Crippen LogP contribution is 2.40. The topological polar surface area (TPSA) is 24.1 Å². The second-order valence-electron chi connectivity index (χ2n) is 3.60. The van der Waals surface area contributed by atoms with Gasteiger partial charge in [-0.15, -0.1) is 0 Å². The summed E-state index contributed by atoms with van der Waals surface area (Å²) in [5.41, 5.74) is 1.29. The average Bonchev–Trinajstić information content (AvgIpc) is 2.46. The van der Waals surface area contributed by atoms with E-state index >= 15 is 0 Å². The minimum absolute atomic E-state index is 0.368. The lowest BCUT2D eigenvalue weighted by molar-refractivity contribution is 0.213. The zero-order chi connectivity index (χ0) is 13.6. The van der Waals surface area contributed by atoms with Crippen molar-refractivity contribution in [3.05, 3.63) is 60.7 Å². The molecular weight excluding hydrogens is 286 g/mol. The van der Waals surface area contributed by atoms with Gasteiger partial charge in [-0.3, -0.25) is 0 Å². The van der Waals surface area contributed by atoms with Gasteiger partial charge in [0.25, 0.3) is 0 Å². The summed E-state index contributed by atoms with van der Waals surface area (Å²) < 4.78 is 29.5. The number of para-hydroxylation sites is 2. The number of alkyl halides is 2. The van der Waals surface area contributed by atoms with Crippen LogP contribution in [0.15, 0.2) is 60.7 Å². The molecule has 0 unspecified atom stereocenters. The van der Waals surface area contributed by atoms with E-state index in [0.717, 1.165) is 0 Å². The molecule has 100 valence electrons. The van der Waals surface area contributed by atoms with Gasteiger partial charge >= 0.3 is 4.59 Å². The Kier molecular flexibility index (Phi) is 4.93. The van der Waals surface area contributed by atoms with Crippen LogP contribution in [0.1, 0.15) is 0 Å². The van der Waals surface area contributed by atoms with Gasteiger partial charge in [0.1, 0.15) is 0 Å². The Bertz CT molecular complexity index is 449. The van der Waals surface area contributed by atoms with Crippen LogP contribution in [0.2, 0.25) is 0 Å². The van der Waals surface area contributed by atoms with Gasteiger partial charge in [0.05, 0.1) is 0 Å². The van der Waals surface area contributed by atoms with Crippen molar-refractivity contribution in [3.8, 4) is 0 Å². The predicted molar refractivity (Wildman–Crippen MR) is 80.3 cm³/mol. The van der Waals surface area contributed by atoms with E-state index in [2.05, 4.69) is 9.44 Å².